The molecular formula is C15H24O. The fourth-order valence-corrected chi connectivity index (χ4v) is 5.17. The molecule has 0 aromatic rings. The van der Waals surface area contributed by atoms with E-state index in [0.717, 1.165) is 6.42 Å². The van der Waals surface area contributed by atoms with E-state index < -0.39 is 5.60 Å². The van der Waals surface area contributed by atoms with Crippen LogP contribution >= 0.6 is 0 Å². The highest BCUT2D eigenvalue weighted by Crippen LogP contribution is 2.70. The molecule has 0 heterocycles. The standard InChI is InChI=1S/C15H24O/c1-10-5-8-15(16)13(2,3)11-6-7-14(15,4)12(10)9-11/h5,11-12,16H,6-9H2,1-4H3/t11-,12+,14+,15?/m1/s1. The van der Waals surface area contributed by atoms with Crippen LogP contribution < -0.4 is 0 Å². The second-order valence-electron chi connectivity index (χ2n) is 7.18. The average molecular weight is 220 g/mol. The molecule has 1 N–H and O–H groups in total. The van der Waals surface area contributed by atoms with Gasteiger partial charge in [0, 0.05) is 5.41 Å². The average Bonchev–Trinajstić information content (AvgIpc) is 2.22. The van der Waals surface area contributed by atoms with Gasteiger partial charge in [-0.2, -0.15) is 0 Å². The van der Waals surface area contributed by atoms with Gasteiger partial charge >= 0.3 is 0 Å². The van der Waals surface area contributed by atoms with Crippen molar-refractivity contribution >= 4 is 0 Å². The monoisotopic (exact) mass is 220 g/mol. The molecular weight excluding hydrogens is 196 g/mol. The van der Waals surface area contributed by atoms with E-state index in [2.05, 4.69) is 33.8 Å². The molecule has 1 unspecified atom stereocenters. The van der Waals surface area contributed by atoms with Crippen molar-refractivity contribution in [3.05, 3.63) is 11.6 Å². The Bertz CT molecular complexity index is 368. The van der Waals surface area contributed by atoms with E-state index in [0.29, 0.717) is 11.8 Å². The van der Waals surface area contributed by atoms with E-state index in [1.54, 1.807) is 0 Å². The van der Waals surface area contributed by atoms with Gasteiger partial charge in [-0.15, -0.1) is 0 Å². The zero-order valence-corrected chi connectivity index (χ0v) is 11.0. The Morgan fingerprint density at radius 1 is 1.31 bits per heavy atom. The van der Waals surface area contributed by atoms with Crippen molar-refractivity contribution < 1.29 is 5.11 Å². The van der Waals surface area contributed by atoms with E-state index in [-0.39, 0.29) is 10.8 Å². The highest BCUT2D eigenvalue weighted by atomic mass is 16.3. The van der Waals surface area contributed by atoms with E-state index in [4.69, 9.17) is 0 Å². The Morgan fingerprint density at radius 3 is 2.69 bits per heavy atom. The first kappa shape index (κ1) is 10.8. The van der Waals surface area contributed by atoms with Gasteiger partial charge in [-0.05, 0) is 49.9 Å². The van der Waals surface area contributed by atoms with Crippen LogP contribution in [-0.2, 0) is 0 Å². The summed E-state index contributed by atoms with van der Waals surface area (Å²) < 4.78 is 0. The van der Waals surface area contributed by atoms with Crippen LogP contribution in [0, 0.1) is 22.7 Å². The molecule has 0 radical (unpaired) electrons. The molecule has 3 fully saturated rings. The topological polar surface area (TPSA) is 20.2 Å². The van der Waals surface area contributed by atoms with Crippen molar-refractivity contribution in [3.63, 3.8) is 0 Å². The number of hydrogen-bond donors (Lipinski definition) is 1. The fourth-order valence-electron chi connectivity index (χ4n) is 5.17. The highest BCUT2D eigenvalue weighted by Gasteiger charge is 2.68. The quantitative estimate of drug-likeness (QED) is 0.619. The Hall–Kier alpha value is -0.300. The zero-order valence-electron chi connectivity index (χ0n) is 11.0. The maximum absolute atomic E-state index is 11.3. The van der Waals surface area contributed by atoms with Gasteiger partial charge in [0.2, 0.25) is 0 Å². The first-order chi connectivity index (χ1) is 7.33. The van der Waals surface area contributed by atoms with Crippen molar-refractivity contribution in [1.82, 2.24) is 0 Å². The van der Waals surface area contributed by atoms with Gasteiger partial charge in [0.1, 0.15) is 0 Å². The first-order valence-corrected chi connectivity index (χ1v) is 6.72. The normalized spacial score (nSPS) is 53.7. The van der Waals surface area contributed by atoms with Crippen LogP contribution in [0.15, 0.2) is 11.6 Å². The van der Waals surface area contributed by atoms with E-state index >= 15 is 0 Å². The summed E-state index contributed by atoms with van der Waals surface area (Å²) in [5.74, 6) is 1.35. The second-order valence-corrected chi connectivity index (χ2v) is 7.18. The summed E-state index contributed by atoms with van der Waals surface area (Å²) in [6.45, 7) is 9.19. The van der Waals surface area contributed by atoms with Crippen LogP contribution in [0.4, 0.5) is 0 Å². The van der Waals surface area contributed by atoms with Crippen LogP contribution in [0.5, 0.6) is 0 Å². The Morgan fingerprint density at radius 2 is 2.00 bits per heavy atom. The molecule has 4 aliphatic rings. The van der Waals surface area contributed by atoms with Gasteiger partial charge in [0.05, 0.1) is 5.60 Å². The molecule has 4 aliphatic carbocycles. The first-order valence-electron chi connectivity index (χ1n) is 6.72. The molecule has 0 saturated heterocycles. The molecule has 0 aromatic carbocycles. The summed E-state index contributed by atoms with van der Waals surface area (Å²) in [6.07, 6.45) is 7.00. The maximum atomic E-state index is 11.3. The summed E-state index contributed by atoms with van der Waals surface area (Å²) in [7, 11) is 0. The molecule has 1 heteroatoms. The van der Waals surface area contributed by atoms with Crippen LogP contribution in [0.1, 0.15) is 53.4 Å². The Labute approximate surface area is 98.9 Å². The largest absolute Gasteiger partial charge is 0.388 e. The number of allylic oxidation sites excluding steroid dienone is 1. The van der Waals surface area contributed by atoms with E-state index in [1.807, 2.05) is 0 Å². The maximum Gasteiger partial charge on any atom is 0.0794 e. The van der Waals surface area contributed by atoms with Gasteiger partial charge < -0.3 is 5.11 Å². The highest BCUT2D eigenvalue weighted by molar-refractivity contribution is 5.29. The third kappa shape index (κ3) is 0.895. The second kappa shape index (κ2) is 2.75. The molecule has 0 aromatic heterocycles. The van der Waals surface area contributed by atoms with Crippen molar-refractivity contribution in [1.29, 1.82) is 0 Å². The third-order valence-corrected chi connectivity index (χ3v) is 6.60. The lowest BCUT2D eigenvalue weighted by atomic mass is 9.37. The van der Waals surface area contributed by atoms with E-state index in [1.165, 1.54) is 24.8 Å². The lowest BCUT2D eigenvalue weighted by Gasteiger charge is -2.69. The molecule has 4 rings (SSSR count). The molecule has 0 aliphatic heterocycles. The number of rotatable bonds is 0. The van der Waals surface area contributed by atoms with Gasteiger partial charge in [0.25, 0.3) is 0 Å². The lowest BCUT2D eigenvalue weighted by Crippen LogP contribution is -2.69. The minimum atomic E-state index is -0.467. The zero-order chi connectivity index (χ0) is 11.8. The van der Waals surface area contributed by atoms with Crippen LogP contribution in [0.3, 0.4) is 0 Å². The van der Waals surface area contributed by atoms with Crippen molar-refractivity contribution in [2.45, 2.75) is 59.0 Å². The summed E-state index contributed by atoms with van der Waals surface area (Å²) in [5, 5.41) is 11.3. The Kier molecular flexibility index (Phi) is 1.86. The van der Waals surface area contributed by atoms with Crippen LogP contribution in [0.25, 0.3) is 0 Å². The molecule has 0 spiro atoms. The minimum Gasteiger partial charge on any atom is -0.388 e. The number of hydrogen-bond acceptors (Lipinski definition) is 1. The van der Waals surface area contributed by atoms with Crippen molar-refractivity contribution in [2.24, 2.45) is 22.7 Å². The predicted molar refractivity (Wildman–Crippen MR) is 66.0 cm³/mol. The van der Waals surface area contributed by atoms with Crippen LogP contribution in [0.2, 0.25) is 0 Å². The smallest absolute Gasteiger partial charge is 0.0794 e. The molecule has 90 valence electrons. The Balaban J connectivity index is 2.20. The van der Waals surface area contributed by atoms with Gasteiger partial charge in [-0.3, -0.25) is 0 Å². The van der Waals surface area contributed by atoms with Gasteiger partial charge in [-0.25, -0.2) is 0 Å². The lowest BCUT2D eigenvalue weighted by molar-refractivity contribution is -0.259. The molecule has 1 nitrogen and oxygen atoms in total. The summed E-state index contributed by atoms with van der Waals surface area (Å²) in [6, 6.07) is 0. The van der Waals surface area contributed by atoms with Crippen molar-refractivity contribution in [3.8, 4) is 0 Å². The number of fused-ring (bicyclic) bond motifs is 1. The van der Waals surface area contributed by atoms with Crippen LogP contribution in [-0.4, -0.2) is 10.7 Å². The molecule has 4 atom stereocenters. The summed E-state index contributed by atoms with van der Waals surface area (Å²) >= 11 is 0. The van der Waals surface area contributed by atoms with E-state index in [9.17, 15) is 5.11 Å². The minimum absolute atomic E-state index is 0.0910. The summed E-state index contributed by atoms with van der Waals surface area (Å²) in [4.78, 5) is 0. The molecule has 4 bridgehead atoms. The molecule has 3 saturated carbocycles. The predicted octanol–water partition coefficient (Wildman–Crippen LogP) is 3.53. The third-order valence-electron chi connectivity index (χ3n) is 6.60. The SMILES string of the molecule is CC1=CCC2(O)C(C)(C)[C@@H]3CC[C@@]2(C)[C@H]1C3. The van der Waals surface area contributed by atoms with Crippen molar-refractivity contribution in [2.75, 3.05) is 0 Å². The number of aliphatic hydroxyl groups is 1. The summed E-state index contributed by atoms with van der Waals surface area (Å²) in [5.41, 5.74) is 1.29. The molecule has 0 amide bonds. The molecule has 16 heavy (non-hydrogen) atoms. The fraction of sp³-hybridized carbons (Fsp3) is 0.867. The van der Waals surface area contributed by atoms with Gasteiger partial charge in [-0.1, -0.05) is 32.4 Å². The van der Waals surface area contributed by atoms with Gasteiger partial charge in [0.15, 0.2) is 0 Å².